The summed E-state index contributed by atoms with van der Waals surface area (Å²) in [5.41, 5.74) is 2.18. The molecule has 2 heterocycles. The third-order valence-corrected chi connectivity index (χ3v) is 3.96. The number of fused-ring (bicyclic) bond motifs is 1. The Morgan fingerprint density at radius 2 is 2.05 bits per heavy atom. The lowest BCUT2D eigenvalue weighted by Crippen LogP contribution is -2.14. The van der Waals surface area contributed by atoms with E-state index in [0.29, 0.717) is 5.82 Å². The Kier molecular flexibility index (Phi) is 2.92. The van der Waals surface area contributed by atoms with E-state index >= 15 is 0 Å². The number of nitrogens with zero attached hydrogens (tertiary/aromatic N) is 3. The molecule has 0 aliphatic heterocycles. The van der Waals surface area contributed by atoms with Crippen LogP contribution in [0, 0.1) is 5.92 Å². The van der Waals surface area contributed by atoms with E-state index in [0.717, 1.165) is 34.7 Å². The van der Waals surface area contributed by atoms with Gasteiger partial charge in [0.2, 0.25) is 5.91 Å². The summed E-state index contributed by atoms with van der Waals surface area (Å²) < 4.78 is 1.79. The first kappa shape index (κ1) is 13.0. The molecule has 0 radical (unpaired) electrons. The number of hydrogen-bond acceptors (Lipinski definition) is 3. The van der Waals surface area contributed by atoms with Crippen molar-refractivity contribution >= 4 is 22.5 Å². The molecule has 1 aliphatic rings. The van der Waals surface area contributed by atoms with E-state index in [4.69, 9.17) is 0 Å². The molecule has 0 spiro atoms. The summed E-state index contributed by atoms with van der Waals surface area (Å²) >= 11 is 0. The minimum atomic E-state index is 0.0789. The number of hydrogen-bond donors (Lipinski definition) is 1. The van der Waals surface area contributed by atoms with Crippen molar-refractivity contribution in [2.24, 2.45) is 13.0 Å². The maximum absolute atomic E-state index is 11.8. The van der Waals surface area contributed by atoms with Crippen molar-refractivity contribution in [3.63, 3.8) is 0 Å². The van der Waals surface area contributed by atoms with Crippen LogP contribution in [0.3, 0.4) is 0 Å². The third kappa shape index (κ3) is 2.45. The first-order chi connectivity index (χ1) is 10.7. The van der Waals surface area contributed by atoms with Gasteiger partial charge in [0.15, 0.2) is 0 Å². The lowest BCUT2D eigenvalue weighted by molar-refractivity contribution is -0.117. The molecule has 0 saturated heterocycles. The van der Waals surface area contributed by atoms with Gasteiger partial charge in [-0.05, 0) is 35.9 Å². The summed E-state index contributed by atoms with van der Waals surface area (Å²) in [5.74, 6) is 0.877. The van der Waals surface area contributed by atoms with Gasteiger partial charge in [-0.2, -0.15) is 5.10 Å². The molecule has 5 nitrogen and oxygen atoms in total. The van der Waals surface area contributed by atoms with Gasteiger partial charge in [-0.3, -0.25) is 9.48 Å². The lowest BCUT2D eigenvalue weighted by atomic mass is 10.1. The molecule has 1 aromatic carbocycles. The van der Waals surface area contributed by atoms with Crippen molar-refractivity contribution in [3.05, 3.63) is 42.9 Å². The molecular formula is C17H16N4O. The number of carbonyl (C=O) groups excluding carboxylic acids is 1. The molecule has 2 aromatic heterocycles. The van der Waals surface area contributed by atoms with Crippen LogP contribution < -0.4 is 5.32 Å². The maximum atomic E-state index is 11.8. The van der Waals surface area contributed by atoms with Gasteiger partial charge in [0, 0.05) is 36.3 Å². The average molecular weight is 292 g/mol. The highest BCUT2D eigenvalue weighted by Crippen LogP contribution is 2.30. The SMILES string of the molecule is Cn1cc(-c2ccc3cnc(NC(=O)C4CC4)cc3c2)cn1. The number of anilines is 1. The van der Waals surface area contributed by atoms with Crippen LogP contribution in [-0.2, 0) is 11.8 Å². The normalized spacial score (nSPS) is 14.2. The fourth-order valence-corrected chi connectivity index (χ4v) is 2.53. The lowest BCUT2D eigenvalue weighted by Gasteiger charge is -2.06. The number of pyridine rings is 1. The standard InChI is InChI=1S/C17H16N4O/c1-21-10-15(9-19-21)12-4-5-13-8-18-16(7-14(13)6-12)20-17(22)11-2-3-11/h4-11H,2-3H2,1H3,(H,18,20,22). The smallest absolute Gasteiger partial charge is 0.228 e. The molecule has 1 amide bonds. The zero-order chi connectivity index (χ0) is 15.1. The molecule has 4 rings (SSSR count). The van der Waals surface area contributed by atoms with Gasteiger partial charge < -0.3 is 5.32 Å². The van der Waals surface area contributed by atoms with Crippen molar-refractivity contribution < 1.29 is 4.79 Å². The van der Waals surface area contributed by atoms with Gasteiger partial charge >= 0.3 is 0 Å². The van der Waals surface area contributed by atoms with Crippen LogP contribution >= 0.6 is 0 Å². The fraction of sp³-hybridized carbons (Fsp3) is 0.235. The number of benzene rings is 1. The quantitative estimate of drug-likeness (QED) is 0.807. The van der Waals surface area contributed by atoms with Crippen molar-refractivity contribution in [2.75, 3.05) is 5.32 Å². The van der Waals surface area contributed by atoms with E-state index in [1.807, 2.05) is 31.6 Å². The topological polar surface area (TPSA) is 59.8 Å². The molecule has 0 atom stereocenters. The summed E-state index contributed by atoms with van der Waals surface area (Å²) in [6.07, 6.45) is 7.61. The van der Waals surface area contributed by atoms with Crippen molar-refractivity contribution in [3.8, 4) is 11.1 Å². The summed E-state index contributed by atoms with van der Waals surface area (Å²) in [7, 11) is 1.90. The van der Waals surface area contributed by atoms with Crippen LogP contribution in [0.2, 0.25) is 0 Å². The van der Waals surface area contributed by atoms with Crippen LogP contribution in [0.15, 0.2) is 42.9 Å². The molecule has 5 heteroatoms. The highest BCUT2D eigenvalue weighted by Gasteiger charge is 2.29. The molecule has 110 valence electrons. The molecule has 1 saturated carbocycles. The fourth-order valence-electron chi connectivity index (χ4n) is 2.53. The highest BCUT2D eigenvalue weighted by atomic mass is 16.2. The van der Waals surface area contributed by atoms with Crippen molar-refractivity contribution in [1.82, 2.24) is 14.8 Å². The molecule has 0 unspecified atom stereocenters. The Balaban J connectivity index is 1.69. The number of rotatable bonds is 3. The van der Waals surface area contributed by atoms with Gasteiger partial charge in [0.05, 0.1) is 6.20 Å². The van der Waals surface area contributed by atoms with Gasteiger partial charge in [-0.25, -0.2) is 4.98 Å². The predicted octanol–water partition coefficient (Wildman–Crippen LogP) is 2.98. The van der Waals surface area contributed by atoms with E-state index < -0.39 is 0 Å². The zero-order valence-electron chi connectivity index (χ0n) is 12.3. The molecule has 3 aromatic rings. The number of amides is 1. The Bertz CT molecular complexity index is 864. The second-order valence-electron chi connectivity index (χ2n) is 5.80. The molecule has 1 aliphatic carbocycles. The highest BCUT2D eigenvalue weighted by molar-refractivity contribution is 5.96. The summed E-state index contributed by atoms with van der Waals surface area (Å²) in [6.45, 7) is 0. The number of aryl methyl sites for hydroxylation is 1. The Labute approximate surface area is 128 Å². The van der Waals surface area contributed by atoms with Crippen LogP contribution in [-0.4, -0.2) is 20.7 Å². The van der Waals surface area contributed by atoms with Crippen LogP contribution in [0.1, 0.15) is 12.8 Å². The molecule has 0 bridgehead atoms. The minimum absolute atomic E-state index is 0.0789. The predicted molar refractivity (Wildman–Crippen MR) is 85.3 cm³/mol. The van der Waals surface area contributed by atoms with Crippen molar-refractivity contribution in [1.29, 1.82) is 0 Å². The number of carbonyl (C=O) groups is 1. The van der Waals surface area contributed by atoms with Gasteiger partial charge in [-0.1, -0.05) is 12.1 Å². The Morgan fingerprint density at radius 1 is 1.18 bits per heavy atom. The van der Waals surface area contributed by atoms with Crippen LogP contribution in [0.25, 0.3) is 21.9 Å². The van der Waals surface area contributed by atoms with E-state index in [-0.39, 0.29) is 11.8 Å². The molecule has 1 N–H and O–H groups in total. The largest absolute Gasteiger partial charge is 0.310 e. The molecule has 1 fully saturated rings. The Morgan fingerprint density at radius 3 is 2.77 bits per heavy atom. The number of aromatic nitrogens is 3. The third-order valence-electron chi connectivity index (χ3n) is 3.96. The maximum Gasteiger partial charge on any atom is 0.228 e. The van der Waals surface area contributed by atoms with E-state index in [2.05, 4.69) is 27.5 Å². The molecule has 22 heavy (non-hydrogen) atoms. The summed E-state index contributed by atoms with van der Waals surface area (Å²) in [5, 5.41) is 9.21. The number of nitrogens with one attached hydrogen (secondary N) is 1. The van der Waals surface area contributed by atoms with E-state index in [9.17, 15) is 4.79 Å². The zero-order valence-corrected chi connectivity index (χ0v) is 12.3. The average Bonchev–Trinajstić information content (AvgIpc) is 3.28. The van der Waals surface area contributed by atoms with E-state index in [1.165, 1.54) is 0 Å². The summed E-state index contributed by atoms with van der Waals surface area (Å²) in [6, 6.07) is 8.12. The molecular weight excluding hydrogens is 276 g/mol. The monoisotopic (exact) mass is 292 g/mol. The van der Waals surface area contributed by atoms with E-state index in [1.54, 1.807) is 10.9 Å². The second-order valence-corrected chi connectivity index (χ2v) is 5.80. The first-order valence-electron chi connectivity index (χ1n) is 7.39. The van der Waals surface area contributed by atoms with Gasteiger partial charge in [0.25, 0.3) is 0 Å². The van der Waals surface area contributed by atoms with Gasteiger partial charge in [-0.15, -0.1) is 0 Å². The Hall–Kier alpha value is -2.69. The minimum Gasteiger partial charge on any atom is -0.310 e. The second kappa shape index (κ2) is 4.94. The van der Waals surface area contributed by atoms with Gasteiger partial charge in [0.1, 0.15) is 5.82 Å². The van der Waals surface area contributed by atoms with Crippen molar-refractivity contribution in [2.45, 2.75) is 12.8 Å². The first-order valence-corrected chi connectivity index (χ1v) is 7.39. The van der Waals surface area contributed by atoms with Crippen LogP contribution in [0.5, 0.6) is 0 Å². The van der Waals surface area contributed by atoms with Crippen LogP contribution in [0.4, 0.5) is 5.82 Å². The summed E-state index contributed by atoms with van der Waals surface area (Å²) in [4.78, 5) is 16.2.